The van der Waals surface area contributed by atoms with Crippen molar-refractivity contribution in [2.75, 3.05) is 11.1 Å². The zero-order valence-corrected chi connectivity index (χ0v) is 11.8. The maximum atomic E-state index is 11.3. The second-order valence-electron chi connectivity index (χ2n) is 4.43. The molecule has 0 saturated carbocycles. The number of halogens is 2. The van der Waals surface area contributed by atoms with E-state index in [0.29, 0.717) is 39.3 Å². The summed E-state index contributed by atoms with van der Waals surface area (Å²) in [6.45, 7) is 0. The fourth-order valence-electron chi connectivity index (χ4n) is 2.04. The van der Waals surface area contributed by atoms with Crippen LogP contribution in [0, 0.1) is 0 Å². The molecule has 0 unspecified atom stereocenters. The number of anilines is 2. The number of hydrogen-bond donors (Lipinski definition) is 2. The minimum absolute atomic E-state index is 0.0580. The number of ether oxygens (including phenoxy) is 1. The normalized spacial score (nSPS) is 13.0. The third-order valence-electron chi connectivity index (χ3n) is 3.00. The lowest BCUT2D eigenvalue weighted by Crippen LogP contribution is -2.03. The van der Waals surface area contributed by atoms with E-state index in [9.17, 15) is 4.79 Å². The maximum absolute atomic E-state index is 11.3. The van der Waals surface area contributed by atoms with Crippen molar-refractivity contribution in [3.05, 3.63) is 45.9 Å². The smallest absolute Gasteiger partial charge is 0.228 e. The van der Waals surface area contributed by atoms with Crippen LogP contribution >= 0.6 is 23.2 Å². The van der Waals surface area contributed by atoms with Gasteiger partial charge < -0.3 is 15.8 Å². The van der Waals surface area contributed by atoms with Crippen LogP contribution < -0.4 is 15.8 Å². The number of carbonyl (C=O) groups is 1. The molecule has 3 rings (SSSR count). The number of nitrogen functional groups attached to an aromatic ring is 1. The van der Waals surface area contributed by atoms with E-state index in [1.165, 1.54) is 0 Å². The van der Waals surface area contributed by atoms with Crippen molar-refractivity contribution in [1.29, 1.82) is 0 Å². The Morgan fingerprint density at radius 2 is 2.00 bits per heavy atom. The molecule has 1 aliphatic heterocycles. The third kappa shape index (κ3) is 2.28. The Morgan fingerprint density at radius 3 is 2.80 bits per heavy atom. The van der Waals surface area contributed by atoms with Crippen molar-refractivity contribution in [3.8, 4) is 11.5 Å². The Kier molecular flexibility index (Phi) is 3.20. The van der Waals surface area contributed by atoms with Gasteiger partial charge in [-0.05, 0) is 23.8 Å². The van der Waals surface area contributed by atoms with Gasteiger partial charge in [0.2, 0.25) is 5.91 Å². The van der Waals surface area contributed by atoms with Crippen LogP contribution in [0.15, 0.2) is 30.3 Å². The number of nitrogens with two attached hydrogens (primary N) is 1. The molecule has 3 N–H and O–H groups in total. The van der Waals surface area contributed by atoms with Gasteiger partial charge in [-0.2, -0.15) is 0 Å². The van der Waals surface area contributed by atoms with Crippen molar-refractivity contribution in [2.45, 2.75) is 6.42 Å². The third-order valence-corrected chi connectivity index (χ3v) is 3.80. The summed E-state index contributed by atoms with van der Waals surface area (Å²) >= 11 is 12.0. The molecule has 102 valence electrons. The van der Waals surface area contributed by atoms with Gasteiger partial charge in [0.05, 0.1) is 17.1 Å². The number of fused-ring (bicyclic) bond motifs is 1. The van der Waals surface area contributed by atoms with Crippen LogP contribution in [0.3, 0.4) is 0 Å². The first kappa shape index (κ1) is 13.1. The van der Waals surface area contributed by atoms with Crippen LogP contribution in [-0.4, -0.2) is 5.91 Å². The van der Waals surface area contributed by atoms with E-state index in [1.54, 1.807) is 30.3 Å². The summed E-state index contributed by atoms with van der Waals surface area (Å²) in [5.74, 6) is 0.780. The topological polar surface area (TPSA) is 64.3 Å². The molecule has 2 aromatic carbocycles. The molecular formula is C14H10Cl2N2O2. The molecular weight excluding hydrogens is 299 g/mol. The zero-order chi connectivity index (χ0) is 14.3. The summed E-state index contributed by atoms with van der Waals surface area (Å²) in [6, 6.07) is 8.51. The average molecular weight is 309 g/mol. The summed E-state index contributed by atoms with van der Waals surface area (Å²) in [5.41, 5.74) is 7.94. The molecule has 0 fully saturated rings. The molecule has 0 spiro atoms. The van der Waals surface area contributed by atoms with Crippen LogP contribution in [0.25, 0.3) is 0 Å². The second-order valence-corrected chi connectivity index (χ2v) is 5.21. The fourth-order valence-corrected chi connectivity index (χ4v) is 2.37. The van der Waals surface area contributed by atoms with Gasteiger partial charge in [-0.25, -0.2) is 0 Å². The van der Waals surface area contributed by atoms with Crippen LogP contribution in [0.2, 0.25) is 10.0 Å². The number of rotatable bonds is 2. The number of benzene rings is 2. The highest BCUT2D eigenvalue weighted by Gasteiger charge is 2.20. The highest BCUT2D eigenvalue weighted by molar-refractivity contribution is 6.42. The molecule has 0 atom stereocenters. The van der Waals surface area contributed by atoms with Gasteiger partial charge in [-0.15, -0.1) is 0 Å². The molecule has 1 aliphatic rings. The van der Waals surface area contributed by atoms with Gasteiger partial charge in [0.25, 0.3) is 0 Å². The van der Waals surface area contributed by atoms with E-state index in [4.69, 9.17) is 33.7 Å². The molecule has 20 heavy (non-hydrogen) atoms. The molecule has 0 bridgehead atoms. The lowest BCUT2D eigenvalue weighted by Gasteiger charge is -2.12. The first-order valence-electron chi connectivity index (χ1n) is 5.88. The van der Waals surface area contributed by atoms with Gasteiger partial charge in [-0.1, -0.05) is 29.3 Å². The van der Waals surface area contributed by atoms with E-state index in [0.717, 1.165) is 5.56 Å². The molecule has 6 heteroatoms. The standard InChI is InChI=1S/C14H10Cl2N2O2/c15-8-2-1-3-11(14(8)16)20-12-6-10-7(4-9(12)17)5-13(19)18-10/h1-4,6H,5,17H2,(H,18,19). The fraction of sp³-hybridized carbons (Fsp3) is 0.0714. The van der Waals surface area contributed by atoms with Gasteiger partial charge in [-0.3, -0.25) is 4.79 Å². The van der Waals surface area contributed by atoms with Gasteiger partial charge >= 0.3 is 0 Å². The number of nitrogens with one attached hydrogen (secondary N) is 1. The molecule has 0 aromatic heterocycles. The van der Waals surface area contributed by atoms with Crippen LogP contribution in [0.4, 0.5) is 11.4 Å². The average Bonchev–Trinajstić information content (AvgIpc) is 2.74. The van der Waals surface area contributed by atoms with Crippen molar-refractivity contribution in [1.82, 2.24) is 0 Å². The molecule has 2 aromatic rings. The summed E-state index contributed by atoms with van der Waals surface area (Å²) in [7, 11) is 0. The Morgan fingerprint density at radius 1 is 1.20 bits per heavy atom. The maximum Gasteiger partial charge on any atom is 0.228 e. The van der Waals surface area contributed by atoms with Gasteiger partial charge in [0.1, 0.15) is 10.8 Å². The summed E-state index contributed by atoms with van der Waals surface area (Å²) in [6.07, 6.45) is 0.331. The quantitative estimate of drug-likeness (QED) is 0.828. The van der Waals surface area contributed by atoms with Crippen LogP contribution in [-0.2, 0) is 11.2 Å². The zero-order valence-electron chi connectivity index (χ0n) is 10.2. The predicted octanol–water partition coefficient (Wildman–Crippen LogP) is 3.86. The lowest BCUT2D eigenvalue weighted by molar-refractivity contribution is -0.115. The number of amides is 1. The van der Waals surface area contributed by atoms with E-state index in [1.807, 2.05) is 0 Å². The summed E-state index contributed by atoms with van der Waals surface area (Å²) < 4.78 is 5.69. The second kappa shape index (κ2) is 4.89. The Balaban J connectivity index is 1.98. The largest absolute Gasteiger partial charge is 0.453 e. The molecule has 4 nitrogen and oxygen atoms in total. The molecule has 0 saturated heterocycles. The van der Waals surface area contributed by atoms with E-state index >= 15 is 0 Å². The van der Waals surface area contributed by atoms with E-state index in [2.05, 4.69) is 5.32 Å². The molecule has 0 aliphatic carbocycles. The summed E-state index contributed by atoms with van der Waals surface area (Å²) in [4.78, 5) is 11.3. The van der Waals surface area contributed by atoms with E-state index < -0.39 is 0 Å². The van der Waals surface area contributed by atoms with Crippen molar-refractivity contribution < 1.29 is 9.53 Å². The summed E-state index contributed by atoms with van der Waals surface area (Å²) in [5, 5.41) is 3.46. The van der Waals surface area contributed by atoms with Crippen molar-refractivity contribution >= 4 is 40.5 Å². The van der Waals surface area contributed by atoms with Gasteiger partial charge in [0, 0.05) is 11.8 Å². The lowest BCUT2D eigenvalue weighted by atomic mass is 10.1. The molecule has 1 heterocycles. The number of carbonyl (C=O) groups excluding carboxylic acids is 1. The van der Waals surface area contributed by atoms with Gasteiger partial charge in [0.15, 0.2) is 5.75 Å². The van der Waals surface area contributed by atoms with Crippen molar-refractivity contribution in [2.24, 2.45) is 0 Å². The predicted molar refractivity (Wildman–Crippen MR) is 79.7 cm³/mol. The monoisotopic (exact) mass is 308 g/mol. The van der Waals surface area contributed by atoms with Crippen LogP contribution in [0.1, 0.15) is 5.56 Å². The minimum Gasteiger partial charge on any atom is -0.453 e. The first-order valence-corrected chi connectivity index (χ1v) is 6.64. The highest BCUT2D eigenvalue weighted by Crippen LogP contribution is 2.39. The molecule has 0 radical (unpaired) electrons. The first-order chi connectivity index (χ1) is 9.54. The number of hydrogen-bond acceptors (Lipinski definition) is 3. The van der Waals surface area contributed by atoms with Crippen molar-refractivity contribution in [3.63, 3.8) is 0 Å². The highest BCUT2D eigenvalue weighted by atomic mass is 35.5. The van der Waals surface area contributed by atoms with E-state index in [-0.39, 0.29) is 5.91 Å². The van der Waals surface area contributed by atoms with Crippen LogP contribution in [0.5, 0.6) is 11.5 Å². The molecule has 1 amide bonds. The minimum atomic E-state index is -0.0580. The SMILES string of the molecule is Nc1cc2c(cc1Oc1cccc(Cl)c1Cl)NC(=O)C2. The Hall–Kier alpha value is -1.91. The Bertz CT molecular complexity index is 717. The Labute approximate surface area is 125 Å².